The lowest BCUT2D eigenvalue weighted by Gasteiger charge is -2.31. The van der Waals surface area contributed by atoms with E-state index >= 15 is 0 Å². The lowest BCUT2D eigenvalue weighted by atomic mass is 10.0. The van der Waals surface area contributed by atoms with Crippen molar-refractivity contribution in [2.24, 2.45) is 5.92 Å². The molecule has 1 fully saturated rings. The Kier molecular flexibility index (Phi) is 6.01. The molecule has 2 aliphatic rings. The standard InChI is InChI=1S/C21H25N3O6S/c1-15-6-8-23(9-7-15)31(27,28)17-4-5-19-18(11-17)24(21(26)14-30-19)13-20(25)22-12-16-3-2-10-29-16/h2-5,10-11,15H,6-9,12-14H2,1H3,(H,22,25). The van der Waals surface area contributed by atoms with Gasteiger partial charge in [0.1, 0.15) is 18.1 Å². The summed E-state index contributed by atoms with van der Waals surface area (Å²) in [7, 11) is -3.70. The third-order valence-electron chi connectivity index (χ3n) is 5.60. The fraction of sp³-hybridized carbons (Fsp3) is 0.429. The smallest absolute Gasteiger partial charge is 0.265 e. The van der Waals surface area contributed by atoms with Crippen LogP contribution in [0.5, 0.6) is 5.75 Å². The van der Waals surface area contributed by atoms with Gasteiger partial charge in [0.05, 0.1) is 23.4 Å². The first kappa shape index (κ1) is 21.4. The van der Waals surface area contributed by atoms with Crippen LogP contribution in [0.15, 0.2) is 45.9 Å². The first-order valence-corrected chi connectivity index (χ1v) is 11.6. The van der Waals surface area contributed by atoms with Crippen molar-refractivity contribution >= 4 is 27.5 Å². The molecule has 3 heterocycles. The molecule has 0 radical (unpaired) electrons. The molecule has 2 aliphatic heterocycles. The number of amides is 2. The van der Waals surface area contributed by atoms with E-state index in [-0.39, 0.29) is 30.3 Å². The number of rotatable bonds is 6. The molecule has 31 heavy (non-hydrogen) atoms. The fourth-order valence-electron chi connectivity index (χ4n) is 3.69. The van der Waals surface area contributed by atoms with Crippen LogP contribution >= 0.6 is 0 Å². The molecular formula is C21H25N3O6S. The average molecular weight is 448 g/mol. The zero-order valence-electron chi connectivity index (χ0n) is 17.2. The second-order valence-electron chi connectivity index (χ2n) is 7.84. The van der Waals surface area contributed by atoms with E-state index in [0.717, 1.165) is 12.8 Å². The molecule has 1 N–H and O–H groups in total. The zero-order chi connectivity index (χ0) is 22.0. The van der Waals surface area contributed by atoms with Crippen LogP contribution in [0.2, 0.25) is 0 Å². The van der Waals surface area contributed by atoms with Gasteiger partial charge in [0, 0.05) is 13.1 Å². The largest absolute Gasteiger partial charge is 0.482 e. The van der Waals surface area contributed by atoms with Crippen LogP contribution in [0.25, 0.3) is 0 Å². The highest BCUT2D eigenvalue weighted by atomic mass is 32.2. The molecule has 0 atom stereocenters. The summed E-state index contributed by atoms with van der Waals surface area (Å²) >= 11 is 0. The Balaban J connectivity index is 1.53. The van der Waals surface area contributed by atoms with E-state index in [1.807, 2.05) is 0 Å². The number of benzene rings is 1. The van der Waals surface area contributed by atoms with E-state index < -0.39 is 21.8 Å². The summed E-state index contributed by atoms with van der Waals surface area (Å²) in [5.41, 5.74) is 0.274. The summed E-state index contributed by atoms with van der Waals surface area (Å²) in [5.74, 6) is 0.644. The number of anilines is 1. The van der Waals surface area contributed by atoms with E-state index in [2.05, 4.69) is 12.2 Å². The molecule has 1 aromatic carbocycles. The molecule has 2 amide bonds. The lowest BCUT2D eigenvalue weighted by Crippen LogP contribution is -2.45. The summed E-state index contributed by atoms with van der Waals surface area (Å²) < 4.78 is 38.3. The van der Waals surface area contributed by atoms with Crippen LogP contribution in [-0.2, 0) is 26.2 Å². The topological polar surface area (TPSA) is 109 Å². The van der Waals surface area contributed by atoms with E-state index in [1.54, 1.807) is 12.1 Å². The van der Waals surface area contributed by atoms with Gasteiger partial charge in [0.2, 0.25) is 15.9 Å². The normalized spacial score (nSPS) is 17.8. The van der Waals surface area contributed by atoms with Gasteiger partial charge in [-0.15, -0.1) is 0 Å². The van der Waals surface area contributed by atoms with Gasteiger partial charge >= 0.3 is 0 Å². The second-order valence-corrected chi connectivity index (χ2v) is 9.78. The minimum Gasteiger partial charge on any atom is -0.482 e. The summed E-state index contributed by atoms with van der Waals surface area (Å²) in [5, 5.41) is 2.69. The van der Waals surface area contributed by atoms with Crippen molar-refractivity contribution in [3.8, 4) is 5.75 Å². The Morgan fingerprint density at radius 3 is 2.71 bits per heavy atom. The molecule has 2 aromatic rings. The van der Waals surface area contributed by atoms with Gasteiger partial charge in [-0.2, -0.15) is 4.31 Å². The van der Waals surface area contributed by atoms with Crippen LogP contribution in [0.3, 0.4) is 0 Å². The number of sulfonamides is 1. The van der Waals surface area contributed by atoms with Crippen molar-refractivity contribution in [2.75, 3.05) is 31.1 Å². The maximum absolute atomic E-state index is 13.1. The second kappa shape index (κ2) is 8.72. The van der Waals surface area contributed by atoms with Gasteiger partial charge in [0.25, 0.3) is 5.91 Å². The highest BCUT2D eigenvalue weighted by molar-refractivity contribution is 7.89. The van der Waals surface area contributed by atoms with E-state index in [0.29, 0.717) is 30.5 Å². The maximum atomic E-state index is 13.1. The molecule has 0 aliphatic carbocycles. The summed E-state index contributed by atoms with van der Waals surface area (Å²) in [4.78, 5) is 26.2. The van der Waals surface area contributed by atoms with Crippen molar-refractivity contribution in [2.45, 2.75) is 31.2 Å². The summed E-state index contributed by atoms with van der Waals surface area (Å²) in [6.07, 6.45) is 3.13. The molecule has 9 nitrogen and oxygen atoms in total. The van der Waals surface area contributed by atoms with Crippen molar-refractivity contribution in [1.82, 2.24) is 9.62 Å². The Hall–Kier alpha value is -2.85. The number of piperidine rings is 1. The molecule has 0 unspecified atom stereocenters. The molecule has 1 aromatic heterocycles. The predicted octanol–water partition coefficient (Wildman–Crippen LogP) is 1.74. The highest BCUT2D eigenvalue weighted by Crippen LogP contribution is 2.35. The number of nitrogens with one attached hydrogen (secondary N) is 1. The third-order valence-corrected chi connectivity index (χ3v) is 7.49. The number of nitrogens with zero attached hydrogens (tertiary/aromatic N) is 2. The highest BCUT2D eigenvalue weighted by Gasteiger charge is 2.32. The van der Waals surface area contributed by atoms with Gasteiger partial charge < -0.3 is 14.5 Å². The number of hydrogen-bond acceptors (Lipinski definition) is 6. The van der Waals surface area contributed by atoms with Crippen LogP contribution in [-0.4, -0.2) is 50.8 Å². The van der Waals surface area contributed by atoms with Gasteiger partial charge in [-0.05, 0) is 49.1 Å². The number of carbonyl (C=O) groups is 2. The quantitative estimate of drug-likeness (QED) is 0.723. The van der Waals surface area contributed by atoms with Crippen LogP contribution in [0, 0.1) is 5.92 Å². The monoisotopic (exact) mass is 447 g/mol. The number of fused-ring (bicyclic) bond motifs is 1. The summed E-state index contributed by atoms with van der Waals surface area (Å²) in [6.45, 7) is 2.78. The first-order chi connectivity index (χ1) is 14.8. The SMILES string of the molecule is CC1CCN(S(=O)(=O)c2ccc3c(c2)N(CC(=O)NCc2ccco2)C(=O)CO3)CC1. The van der Waals surface area contributed by atoms with Crippen LogP contribution < -0.4 is 15.0 Å². The number of carbonyl (C=O) groups excluding carboxylic acids is 2. The average Bonchev–Trinajstić information content (AvgIpc) is 3.28. The minimum absolute atomic E-state index is 0.0834. The Labute approximate surface area is 181 Å². The first-order valence-electron chi connectivity index (χ1n) is 10.2. The van der Waals surface area contributed by atoms with Gasteiger partial charge in [-0.25, -0.2) is 8.42 Å². The molecule has 0 spiro atoms. The van der Waals surface area contributed by atoms with Crippen molar-refractivity contribution in [3.63, 3.8) is 0 Å². The maximum Gasteiger partial charge on any atom is 0.265 e. The van der Waals surface area contributed by atoms with E-state index in [9.17, 15) is 18.0 Å². The number of ether oxygens (including phenoxy) is 1. The van der Waals surface area contributed by atoms with E-state index in [1.165, 1.54) is 33.7 Å². The molecule has 4 rings (SSSR count). The van der Waals surface area contributed by atoms with Crippen molar-refractivity contribution < 1.29 is 27.2 Å². The lowest BCUT2D eigenvalue weighted by molar-refractivity contribution is -0.125. The van der Waals surface area contributed by atoms with Gasteiger partial charge in [-0.3, -0.25) is 14.5 Å². The van der Waals surface area contributed by atoms with Gasteiger partial charge in [0.15, 0.2) is 6.61 Å². The predicted molar refractivity (Wildman–Crippen MR) is 112 cm³/mol. The van der Waals surface area contributed by atoms with Crippen molar-refractivity contribution in [1.29, 1.82) is 0 Å². The third kappa shape index (κ3) is 4.59. The molecule has 166 valence electrons. The Bertz CT molecular complexity index is 1060. The zero-order valence-corrected chi connectivity index (χ0v) is 18.1. The molecule has 0 saturated carbocycles. The van der Waals surface area contributed by atoms with E-state index in [4.69, 9.17) is 9.15 Å². The Morgan fingerprint density at radius 2 is 2.00 bits per heavy atom. The molecule has 0 bridgehead atoms. The molecule has 1 saturated heterocycles. The van der Waals surface area contributed by atoms with Crippen molar-refractivity contribution in [3.05, 3.63) is 42.4 Å². The minimum atomic E-state index is -3.70. The number of hydrogen-bond donors (Lipinski definition) is 1. The molecule has 10 heteroatoms. The number of furan rings is 1. The Morgan fingerprint density at radius 1 is 1.23 bits per heavy atom. The van der Waals surface area contributed by atoms with Crippen LogP contribution in [0.1, 0.15) is 25.5 Å². The molecular weight excluding hydrogens is 422 g/mol. The summed E-state index contributed by atoms with van der Waals surface area (Å²) in [6, 6.07) is 7.88. The van der Waals surface area contributed by atoms with Crippen LogP contribution in [0.4, 0.5) is 5.69 Å². The fourth-order valence-corrected chi connectivity index (χ4v) is 5.18. The van der Waals surface area contributed by atoms with Gasteiger partial charge in [-0.1, -0.05) is 6.92 Å².